The van der Waals surface area contributed by atoms with Crippen LogP contribution < -0.4 is 10.6 Å². The van der Waals surface area contributed by atoms with Crippen molar-refractivity contribution in [3.8, 4) is 0 Å². The smallest absolute Gasteiger partial charge is 0.320 e. The van der Waals surface area contributed by atoms with Crippen LogP contribution in [0.2, 0.25) is 0 Å². The molecule has 2 rings (SSSR count). The second-order valence-electron chi connectivity index (χ2n) is 4.76. The quantitative estimate of drug-likeness (QED) is 0.631. The third kappa shape index (κ3) is 1.75. The predicted molar refractivity (Wildman–Crippen MR) is 60.6 cm³/mol. The molecule has 0 spiro atoms. The van der Waals surface area contributed by atoms with E-state index in [0.717, 1.165) is 19.3 Å². The maximum absolute atomic E-state index is 11.0. The third-order valence-corrected chi connectivity index (χ3v) is 3.77. The van der Waals surface area contributed by atoms with E-state index >= 15 is 0 Å². The predicted octanol–water partition coefficient (Wildman–Crippen LogP) is 0.304. The molecule has 5 heteroatoms. The molecule has 2 heterocycles. The van der Waals surface area contributed by atoms with E-state index in [1.807, 2.05) is 19.4 Å². The Morgan fingerprint density at radius 2 is 2.31 bits per heavy atom. The first-order chi connectivity index (χ1) is 7.54. The van der Waals surface area contributed by atoms with Crippen LogP contribution in [-0.4, -0.2) is 40.8 Å². The Bertz CT molecular complexity index is 318. The number of likely N-dealkylation sites (N-methyl/N-ethyl adjacent to an activating group) is 1. The number of rotatable bonds is 2. The first kappa shape index (κ1) is 11.3. The topological polar surface area (TPSA) is 64.6 Å². The standard InChI is InChI=1S/C11H19N3O2/c1-11(12-6-7-14(11)2)9-5-3-4-8(13-9)10(15)16/h6-9,12-13H,3-5H2,1-2H3,(H,15,16). The van der Waals surface area contributed by atoms with Crippen LogP contribution in [0.1, 0.15) is 26.2 Å². The van der Waals surface area contributed by atoms with E-state index in [1.54, 1.807) is 0 Å². The first-order valence-corrected chi connectivity index (χ1v) is 5.70. The molecule has 0 bridgehead atoms. The van der Waals surface area contributed by atoms with Crippen LogP contribution in [-0.2, 0) is 4.79 Å². The normalized spacial score (nSPS) is 38.5. The fourth-order valence-corrected chi connectivity index (χ4v) is 2.49. The molecule has 0 radical (unpaired) electrons. The first-order valence-electron chi connectivity index (χ1n) is 5.70. The summed E-state index contributed by atoms with van der Waals surface area (Å²) in [5, 5.41) is 15.6. The molecule has 2 aliphatic heterocycles. The Kier molecular flexibility index (Phi) is 2.80. The third-order valence-electron chi connectivity index (χ3n) is 3.77. The average Bonchev–Trinajstić information content (AvgIpc) is 2.61. The van der Waals surface area contributed by atoms with Crippen LogP contribution in [0, 0.1) is 0 Å². The second-order valence-corrected chi connectivity index (χ2v) is 4.76. The van der Waals surface area contributed by atoms with E-state index in [0.29, 0.717) is 0 Å². The molecule has 0 aromatic heterocycles. The van der Waals surface area contributed by atoms with Gasteiger partial charge in [0, 0.05) is 25.5 Å². The van der Waals surface area contributed by atoms with Gasteiger partial charge < -0.3 is 15.3 Å². The monoisotopic (exact) mass is 225 g/mol. The second kappa shape index (κ2) is 3.97. The summed E-state index contributed by atoms with van der Waals surface area (Å²) in [7, 11) is 2.00. The van der Waals surface area contributed by atoms with Crippen LogP contribution >= 0.6 is 0 Å². The molecular weight excluding hydrogens is 206 g/mol. The lowest BCUT2D eigenvalue weighted by atomic mass is 9.90. The zero-order chi connectivity index (χ0) is 11.8. The SMILES string of the molecule is CN1C=CNC1(C)C1CCCC(C(=O)O)N1. The van der Waals surface area contributed by atoms with E-state index in [4.69, 9.17) is 5.11 Å². The largest absolute Gasteiger partial charge is 0.480 e. The summed E-state index contributed by atoms with van der Waals surface area (Å²) in [5.74, 6) is -0.748. The number of piperidine rings is 1. The van der Waals surface area contributed by atoms with Crippen molar-refractivity contribution in [2.75, 3.05) is 7.05 Å². The number of hydrogen-bond acceptors (Lipinski definition) is 4. The fraction of sp³-hybridized carbons (Fsp3) is 0.727. The van der Waals surface area contributed by atoms with Crippen molar-refractivity contribution >= 4 is 5.97 Å². The molecule has 90 valence electrons. The zero-order valence-electron chi connectivity index (χ0n) is 9.73. The highest BCUT2D eigenvalue weighted by Crippen LogP contribution is 2.27. The van der Waals surface area contributed by atoms with Crippen LogP contribution in [0.5, 0.6) is 0 Å². The van der Waals surface area contributed by atoms with Crippen molar-refractivity contribution in [1.82, 2.24) is 15.5 Å². The Labute approximate surface area is 95.5 Å². The number of nitrogens with zero attached hydrogens (tertiary/aromatic N) is 1. The molecule has 3 N–H and O–H groups in total. The van der Waals surface area contributed by atoms with E-state index in [1.165, 1.54) is 0 Å². The summed E-state index contributed by atoms with van der Waals surface area (Å²) >= 11 is 0. The molecular formula is C11H19N3O2. The number of hydrogen-bond donors (Lipinski definition) is 3. The van der Waals surface area contributed by atoms with Crippen LogP contribution in [0.3, 0.4) is 0 Å². The van der Waals surface area contributed by atoms with Gasteiger partial charge in [-0.05, 0) is 26.2 Å². The lowest BCUT2D eigenvalue weighted by Crippen LogP contribution is -2.65. The van der Waals surface area contributed by atoms with Gasteiger partial charge in [0.2, 0.25) is 0 Å². The molecule has 5 nitrogen and oxygen atoms in total. The summed E-state index contributed by atoms with van der Waals surface area (Å²) in [4.78, 5) is 13.1. The molecule has 3 atom stereocenters. The summed E-state index contributed by atoms with van der Waals surface area (Å²) in [6.45, 7) is 2.09. The van der Waals surface area contributed by atoms with Gasteiger partial charge in [-0.2, -0.15) is 0 Å². The lowest BCUT2D eigenvalue weighted by Gasteiger charge is -2.44. The number of carboxylic acid groups (broad SMARTS) is 1. The average molecular weight is 225 g/mol. The van der Waals surface area contributed by atoms with Gasteiger partial charge in [0.1, 0.15) is 11.7 Å². The number of nitrogens with one attached hydrogen (secondary N) is 2. The molecule has 0 saturated carbocycles. The van der Waals surface area contributed by atoms with Crippen molar-refractivity contribution in [2.24, 2.45) is 0 Å². The van der Waals surface area contributed by atoms with Gasteiger partial charge in [-0.15, -0.1) is 0 Å². The fourth-order valence-electron chi connectivity index (χ4n) is 2.49. The minimum atomic E-state index is -0.748. The van der Waals surface area contributed by atoms with Gasteiger partial charge in [-0.3, -0.25) is 10.1 Å². The van der Waals surface area contributed by atoms with Crippen LogP contribution in [0.15, 0.2) is 12.4 Å². The molecule has 1 saturated heterocycles. The molecule has 16 heavy (non-hydrogen) atoms. The van der Waals surface area contributed by atoms with Crippen molar-refractivity contribution in [1.29, 1.82) is 0 Å². The molecule has 3 unspecified atom stereocenters. The summed E-state index contributed by atoms with van der Waals surface area (Å²) in [6, 6.07) is -0.256. The Morgan fingerprint density at radius 3 is 2.88 bits per heavy atom. The molecule has 0 aliphatic carbocycles. The van der Waals surface area contributed by atoms with Gasteiger partial charge in [0.15, 0.2) is 0 Å². The number of aliphatic carboxylic acids is 1. The molecule has 2 aliphatic rings. The zero-order valence-corrected chi connectivity index (χ0v) is 9.73. The highest BCUT2D eigenvalue weighted by atomic mass is 16.4. The minimum Gasteiger partial charge on any atom is -0.480 e. The Morgan fingerprint density at radius 1 is 1.56 bits per heavy atom. The lowest BCUT2D eigenvalue weighted by molar-refractivity contribution is -0.140. The van der Waals surface area contributed by atoms with E-state index in [2.05, 4.69) is 22.5 Å². The Hall–Kier alpha value is -1.23. The van der Waals surface area contributed by atoms with Crippen molar-refractivity contribution < 1.29 is 9.90 Å². The molecule has 1 fully saturated rings. The maximum atomic E-state index is 11.0. The van der Waals surface area contributed by atoms with Gasteiger partial charge >= 0.3 is 5.97 Å². The molecule has 0 aromatic rings. The van der Waals surface area contributed by atoms with E-state index < -0.39 is 12.0 Å². The van der Waals surface area contributed by atoms with Crippen LogP contribution in [0.4, 0.5) is 0 Å². The van der Waals surface area contributed by atoms with Gasteiger partial charge in [-0.1, -0.05) is 0 Å². The highest BCUT2D eigenvalue weighted by molar-refractivity contribution is 5.73. The van der Waals surface area contributed by atoms with E-state index in [9.17, 15) is 4.79 Å². The summed E-state index contributed by atoms with van der Waals surface area (Å²) in [5.41, 5.74) is -0.214. The highest BCUT2D eigenvalue weighted by Gasteiger charge is 2.42. The van der Waals surface area contributed by atoms with Gasteiger partial charge in [0.05, 0.1) is 0 Å². The maximum Gasteiger partial charge on any atom is 0.320 e. The van der Waals surface area contributed by atoms with E-state index in [-0.39, 0.29) is 11.7 Å². The number of carboxylic acids is 1. The van der Waals surface area contributed by atoms with Gasteiger partial charge in [0.25, 0.3) is 0 Å². The minimum absolute atomic E-state index is 0.155. The van der Waals surface area contributed by atoms with Crippen LogP contribution in [0.25, 0.3) is 0 Å². The van der Waals surface area contributed by atoms with Crippen molar-refractivity contribution in [3.05, 3.63) is 12.4 Å². The summed E-state index contributed by atoms with van der Waals surface area (Å²) < 4.78 is 0. The van der Waals surface area contributed by atoms with Gasteiger partial charge in [-0.25, -0.2) is 0 Å². The number of carbonyl (C=O) groups is 1. The Balaban J connectivity index is 2.07. The van der Waals surface area contributed by atoms with Crippen molar-refractivity contribution in [2.45, 2.75) is 43.9 Å². The summed E-state index contributed by atoms with van der Waals surface area (Å²) in [6.07, 6.45) is 6.57. The molecule has 0 aromatic carbocycles. The van der Waals surface area contributed by atoms with Crippen molar-refractivity contribution in [3.63, 3.8) is 0 Å². The molecule has 0 amide bonds.